The summed E-state index contributed by atoms with van der Waals surface area (Å²) in [7, 11) is 0. The first-order chi connectivity index (χ1) is 16.7. The van der Waals surface area contributed by atoms with Crippen molar-refractivity contribution >= 4 is 5.82 Å². The fraction of sp³-hybridized carbons (Fsp3) is 0.333. The lowest BCUT2D eigenvalue weighted by Gasteiger charge is -2.39. The van der Waals surface area contributed by atoms with E-state index in [0.717, 1.165) is 41.7 Å². The molecule has 0 radical (unpaired) electrons. The molecular formula is C24H23F3N8. The van der Waals surface area contributed by atoms with E-state index >= 15 is 0 Å². The van der Waals surface area contributed by atoms with Crippen molar-refractivity contribution in [2.24, 2.45) is 0 Å². The molecule has 1 aromatic carbocycles. The van der Waals surface area contributed by atoms with E-state index in [1.165, 1.54) is 18.5 Å². The van der Waals surface area contributed by atoms with Crippen LogP contribution in [0.5, 0.6) is 0 Å². The highest BCUT2D eigenvalue weighted by atomic mass is 19.4. The van der Waals surface area contributed by atoms with Gasteiger partial charge >= 0.3 is 6.18 Å². The van der Waals surface area contributed by atoms with Gasteiger partial charge in [0.15, 0.2) is 17.5 Å². The molecule has 3 aromatic heterocycles. The fourth-order valence-corrected chi connectivity index (χ4v) is 4.53. The highest BCUT2D eigenvalue weighted by molar-refractivity contribution is 5.78. The Kier molecular flexibility index (Phi) is 5.49. The molecule has 4 heterocycles. The van der Waals surface area contributed by atoms with Gasteiger partial charge < -0.3 is 4.90 Å². The molecule has 0 bridgehead atoms. The van der Waals surface area contributed by atoms with Gasteiger partial charge in [0, 0.05) is 17.8 Å². The maximum absolute atomic E-state index is 13.0. The predicted octanol–water partition coefficient (Wildman–Crippen LogP) is 5.19. The van der Waals surface area contributed by atoms with Crippen molar-refractivity contribution in [1.29, 1.82) is 0 Å². The molecule has 0 N–H and O–H groups in total. The highest BCUT2D eigenvalue weighted by Gasteiger charge is 2.36. The van der Waals surface area contributed by atoms with Crippen molar-refractivity contribution < 1.29 is 13.2 Å². The summed E-state index contributed by atoms with van der Waals surface area (Å²) in [6.07, 6.45) is 1.05. The molecule has 0 fully saturated rings. The first kappa shape index (κ1) is 22.9. The highest BCUT2D eigenvalue weighted by Crippen LogP contribution is 2.41. The Bertz CT molecular complexity index is 1380. The Morgan fingerprint density at radius 2 is 1.77 bits per heavy atom. The van der Waals surface area contributed by atoms with E-state index in [2.05, 4.69) is 50.8 Å². The summed E-state index contributed by atoms with van der Waals surface area (Å²) in [5.74, 6) is 2.70. The molecule has 5 rings (SSSR count). The van der Waals surface area contributed by atoms with E-state index in [1.54, 1.807) is 12.4 Å². The van der Waals surface area contributed by atoms with Gasteiger partial charge in [-0.05, 0) is 39.3 Å². The molecule has 4 aromatic rings. The number of hydrogen-bond donors (Lipinski definition) is 0. The number of hydrogen-bond acceptors (Lipinski definition) is 7. The molecule has 0 amide bonds. The molecular weight excluding hydrogens is 457 g/mol. The second kappa shape index (κ2) is 8.40. The van der Waals surface area contributed by atoms with Gasteiger partial charge in [-0.15, -0.1) is 10.2 Å². The van der Waals surface area contributed by atoms with Gasteiger partial charge in [0.1, 0.15) is 17.8 Å². The number of anilines is 1. The third kappa shape index (κ3) is 3.80. The molecule has 1 aliphatic rings. The Morgan fingerprint density at radius 1 is 1.03 bits per heavy atom. The van der Waals surface area contributed by atoms with Crippen LogP contribution < -0.4 is 4.90 Å². The number of fused-ring (bicyclic) bond motifs is 3. The average Bonchev–Trinajstić information content (AvgIpc) is 3.23. The summed E-state index contributed by atoms with van der Waals surface area (Å²) in [6, 6.07) is 4.97. The third-order valence-electron chi connectivity index (χ3n) is 6.10. The van der Waals surface area contributed by atoms with Crippen LogP contribution in [0.2, 0.25) is 0 Å². The SMILES string of the molecule is CC[C@@H]1c2nnc(C)n2-c2cnc(-c3cncnc3-c3ccc(C(F)(F)F)cc3)nc2N1C(C)C. The van der Waals surface area contributed by atoms with Crippen molar-refractivity contribution in [2.75, 3.05) is 4.90 Å². The van der Waals surface area contributed by atoms with Crippen molar-refractivity contribution in [3.8, 4) is 28.3 Å². The smallest absolute Gasteiger partial charge is 0.342 e. The normalized spacial score (nSPS) is 15.3. The first-order valence-corrected chi connectivity index (χ1v) is 11.3. The Labute approximate surface area is 199 Å². The maximum Gasteiger partial charge on any atom is 0.416 e. The van der Waals surface area contributed by atoms with Crippen LogP contribution >= 0.6 is 0 Å². The Hall–Kier alpha value is -3.89. The minimum absolute atomic E-state index is 0.0205. The van der Waals surface area contributed by atoms with E-state index in [-0.39, 0.29) is 12.1 Å². The van der Waals surface area contributed by atoms with Gasteiger partial charge in [-0.1, -0.05) is 19.1 Å². The van der Waals surface area contributed by atoms with Crippen molar-refractivity contribution in [2.45, 2.75) is 52.4 Å². The van der Waals surface area contributed by atoms with Crippen molar-refractivity contribution in [3.63, 3.8) is 0 Å². The molecule has 0 saturated carbocycles. The lowest BCUT2D eigenvalue weighted by Crippen LogP contribution is -2.40. The monoisotopic (exact) mass is 480 g/mol. The zero-order chi connectivity index (χ0) is 24.9. The zero-order valence-electron chi connectivity index (χ0n) is 19.6. The van der Waals surface area contributed by atoms with Gasteiger partial charge in [0.05, 0.1) is 29.1 Å². The quantitative estimate of drug-likeness (QED) is 0.397. The molecule has 1 aliphatic heterocycles. The lowest BCUT2D eigenvalue weighted by atomic mass is 10.0. The van der Waals surface area contributed by atoms with Gasteiger partial charge in [0.2, 0.25) is 0 Å². The number of aryl methyl sites for hydroxylation is 1. The second-order valence-electron chi connectivity index (χ2n) is 8.63. The minimum Gasteiger partial charge on any atom is -0.342 e. The Morgan fingerprint density at radius 3 is 2.43 bits per heavy atom. The van der Waals surface area contributed by atoms with E-state index < -0.39 is 11.7 Å². The zero-order valence-corrected chi connectivity index (χ0v) is 19.6. The average molecular weight is 480 g/mol. The lowest BCUT2D eigenvalue weighted by molar-refractivity contribution is -0.137. The molecule has 0 saturated heterocycles. The number of benzene rings is 1. The van der Waals surface area contributed by atoms with E-state index in [9.17, 15) is 13.2 Å². The van der Waals surface area contributed by atoms with Crippen LogP contribution in [0.1, 0.15) is 50.4 Å². The standard InChI is InChI=1S/C24H23F3N8/c1-5-18-23-33-32-14(4)35(23)19-11-29-21(31-22(19)34(18)13(2)3)17-10-28-12-30-20(17)15-6-8-16(9-7-15)24(25,26)27/h6-13,18H,5H2,1-4H3/t18-/m1/s1. The fourth-order valence-electron chi connectivity index (χ4n) is 4.53. The van der Waals surface area contributed by atoms with Crippen LogP contribution in [0.3, 0.4) is 0 Å². The first-order valence-electron chi connectivity index (χ1n) is 11.3. The molecule has 35 heavy (non-hydrogen) atoms. The van der Waals surface area contributed by atoms with Gasteiger partial charge in [-0.2, -0.15) is 13.2 Å². The van der Waals surface area contributed by atoms with E-state index in [4.69, 9.17) is 4.98 Å². The largest absolute Gasteiger partial charge is 0.416 e. The van der Waals surface area contributed by atoms with Crippen LogP contribution in [0.15, 0.2) is 43.0 Å². The molecule has 0 unspecified atom stereocenters. The van der Waals surface area contributed by atoms with Crippen LogP contribution in [0.4, 0.5) is 19.0 Å². The Balaban J connectivity index is 1.65. The number of alkyl halides is 3. The third-order valence-corrected chi connectivity index (χ3v) is 6.10. The van der Waals surface area contributed by atoms with Gasteiger partial charge in [-0.3, -0.25) is 4.57 Å². The molecule has 11 heteroatoms. The predicted molar refractivity (Wildman–Crippen MR) is 124 cm³/mol. The summed E-state index contributed by atoms with van der Waals surface area (Å²) >= 11 is 0. The van der Waals surface area contributed by atoms with Crippen molar-refractivity contribution in [3.05, 3.63) is 60.2 Å². The summed E-state index contributed by atoms with van der Waals surface area (Å²) in [6.45, 7) is 8.16. The molecule has 0 aliphatic carbocycles. The van der Waals surface area contributed by atoms with Crippen molar-refractivity contribution in [1.82, 2.24) is 34.7 Å². The molecule has 180 valence electrons. The van der Waals surface area contributed by atoms with E-state index in [1.807, 2.05) is 11.5 Å². The molecule has 0 spiro atoms. The summed E-state index contributed by atoms with van der Waals surface area (Å²) in [5.41, 5.74) is 1.55. The maximum atomic E-state index is 13.0. The second-order valence-corrected chi connectivity index (χ2v) is 8.63. The number of aromatic nitrogens is 7. The van der Waals surface area contributed by atoms with Crippen LogP contribution in [-0.2, 0) is 6.18 Å². The number of nitrogens with zero attached hydrogens (tertiary/aromatic N) is 8. The van der Waals surface area contributed by atoms with E-state index in [0.29, 0.717) is 22.6 Å². The topological polar surface area (TPSA) is 85.5 Å². The molecule has 1 atom stereocenters. The van der Waals surface area contributed by atoms with Gasteiger partial charge in [0.25, 0.3) is 0 Å². The summed E-state index contributed by atoms with van der Waals surface area (Å²) < 4.78 is 41.1. The van der Waals surface area contributed by atoms with Crippen LogP contribution in [0, 0.1) is 6.92 Å². The molecule has 8 nitrogen and oxygen atoms in total. The number of rotatable bonds is 4. The van der Waals surface area contributed by atoms with Gasteiger partial charge in [-0.25, -0.2) is 19.9 Å². The number of halogens is 3. The summed E-state index contributed by atoms with van der Waals surface area (Å²) in [5, 5.41) is 8.69. The van der Waals surface area contributed by atoms with Crippen LogP contribution in [-0.4, -0.2) is 40.7 Å². The minimum atomic E-state index is -4.41. The summed E-state index contributed by atoms with van der Waals surface area (Å²) in [4.78, 5) is 20.2. The van der Waals surface area contributed by atoms with Crippen LogP contribution in [0.25, 0.3) is 28.3 Å².